The summed E-state index contributed by atoms with van der Waals surface area (Å²) < 4.78 is 0. The van der Waals surface area contributed by atoms with Gasteiger partial charge in [-0.25, -0.2) is 5.84 Å². The number of hydrazine groups is 2. The van der Waals surface area contributed by atoms with E-state index in [2.05, 4.69) is 0 Å². The summed E-state index contributed by atoms with van der Waals surface area (Å²) in [5.74, 6) is 0.923. The van der Waals surface area contributed by atoms with Crippen LogP contribution in [0.25, 0.3) is 0 Å². The molecule has 0 aromatic rings. The molecule has 1 saturated carbocycles. The number of aliphatic carboxylic acids is 1. The van der Waals surface area contributed by atoms with Gasteiger partial charge in [0.25, 0.3) is 17.7 Å². The first-order chi connectivity index (χ1) is 13.2. The van der Waals surface area contributed by atoms with E-state index in [0.717, 1.165) is 4.90 Å². The van der Waals surface area contributed by atoms with E-state index in [-0.39, 0.29) is 51.0 Å². The lowest BCUT2D eigenvalue weighted by Crippen LogP contribution is -2.60. The molecular weight excluding hydrogens is 372 g/mol. The molecule has 1 aliphatic carbocycles. The monoisotopic (exact) mass is 392 g/mol. The third kappa shape index (κ3) is 3.17. The summed E-state index contributed by atoms with van der Waals surface area (Å²) >= 11 is 0. The number of carboxylic acids is 1. The Labute approximate surface area is 159 Å². The molecule has 2 fully saturated rings. The van der Waals surface area contributed by atoms with Crippen molar-refractivity contribution in [1.29, 1.82) is 0 Å². The molecule has 28 heavy (non-hydrogen) atoms. The molecule has 3 N–H and O–H groups in total. The van der Waals surface area contributed by atoms with Gasteiger partial charge in [-0.3, -0.25) is 33.7 Å². The number of imide groups is 2. The predicted octanol–water partition coefficient (Wildman–Crippen LogP) is -1.06. The highest BCUT2D eigenvalue weighted by molar-refractivity contribution is 6.13. The fraction of sp³-hybridized carbons (Fsp3) is 0.529. The van der Waals surface area contributed by atoms with E-state index in [4.69, 9.17) is 5.84 Å². The fourth-order valence-corrected chi connectivity index (χ4v) is 3.86. The topological polar surface area (TPSA) is 158 Å². The van der Waals surface area contributed by atoms with Crippen molar-refractivity contribution in [2.24, 2.45) is 17.2 Å². The van der Waals surface area contributed by atoms with Crippen molar-refractivity contribution in [2.75, 3.05) is 6.54 Å². The molecule has 3 aliphatic rings. The van der Waals surface area contributed by atoms with Crippen molar-refractivity contribution in [3.8, 4) is 0 Å². The third-order valence-corrected chi connectivity index (χ3v) is 5.57. The van der Waals surface area contributed by atoms with Crippen LogP contribution in [0.5, 0.6) is 0 Å². The van der Waals surface area contributed by atoms with Gasteiger partial charge in [-0.05, 0) is 31.6 Å². The van der Waals surface area contributed by atoms with Crippen molar-refractivity contribution in [2.45, 2.75) is 38.5 Å². The lowest BCUT2D eigenvalue weighted by molar-refractivity contribution is -0.182. The van der Waals surface area contributed by atoms with Crippen molar-refractivity contribution in [3.05, 3.63) is 12.2 Å². The molecule has 0 spiro atoms. The summed E-state index contributed by atoms with van der Waals surface area (Å²) in [5.41, 5.74) is -1.87. The van der Waals surface area contributed by atoms with Gasteiger partial charge in [-0.15, -0.1) is 0 Å². The Balaban J connectivity index is 1.70. The van der Waals surface area contributed by atoms with E-state index >= 15 is 0 Å². The Bertz CT molecular complexity index is 763. The first kappa shape index (κ1) is 19.7. The van der Waals surface area contributed by atoms with Gasteiger partial charge in [0.2, 0.25) is 11.8 Å². The van der Waals surface area contributed by atoms with E-state index in [1.54, 1.807) is 0 Å². The number of nitrogens with zero attached hydrogens (tertiary/aromatic N) is 3. The normalized spacial score (nSPS) is 27.7. The first-order valence-corrected chi connectivity index (χ1v) is 8.89. The number of carboxylic acid groups (broad SMARTS) is 1. The molecule has 11 heteroatoms. The molecule has 0 atom stereocenters. The highest BCUT2D eigenvalue weighted by atomic mass is 16.4. The zero-order valence-corrected chi connectivity index (χ0v) is 15.0. The summed E-state index contributed by atoms with van der Waals surface area (Å²) in [6.07, 6.45) is 2.54. The third-order valence-electron chi connectivity index (χ3n) is 5.57. The number of amides is 5. The van der Waals surface area contributed by atoms with Gasteiger partial charge >= 0.3 is 5.97 Å². The second-order valence-electron chi connectivity index (χ2n) is 7.20. The predicted molar refractivity (Wildman–Crippen MR) is 90.0 cm³/mol. The lowest BCUT2D eigenvalue weighted by Gasteiger charge is -2.39. The van der Waals surface area contributed by atoms with Crippen LogP contribution in [0.4, 0.5) is 0 Å². The molecule has 0 radical (unpaired) electrons. The molecule has 5 amide bonds. The molecule has 2 heterocycles. The lowest BCUT2D eigenvalue weighted by atomic mass is 9.69. The molecule has 0 aromatic heterocycles. The molecule has 3 rings (SSSR count). The number of hydrogen-bond donors (Lipinski definition) is 2. The summed E-state index contributed by atoms with van der Waals surface area (Å²) in [6.45, 7) is 0.143. The average molecular weight is 392 g/mol. The Morgan fingerprint density at radius 2 is 1.57 bits per heavy atom. The average Bonchev–Trinajstić information content (AvgIpc) is 3.16. The van der Waals surface area contributed by atoms with Crippen molar-refractivity contribution in [1.82, 2.24) is 15.0 Å². The van der Waals surface area contributed by atoms with Crippen LogP contribution < -0.4 is 5.84 Å². The number of hydrogen-bond acceptors (Lipinski definition) is 7. The van der Waals surface area contributed by atoms with Crippen LogP contribution in [-0.4, -0.2) is 62.2 Å². The molecule has 1 saturated heterocycles. The largest absolute Gasteiger partial charge is 0.480 e. The SMILES string of the molecule is NN(C(=O)C1(C(=O)O)CCC(CN2C(=O)C=CC2=O)CC1)N1C(=O)CCC1=O. The quantitative estimate of drug-likeness (QED) is 0.197. The van der Waals surface area contributed by atoms with Gasteiger partial charge in [0.15, 0.2) is 0 Å². The summed E-state index contributed by atoms with van der Waals surface area (Å²) in [5, 5.41) is 10.5. The Morgan fingerprint density at radius 3 is 2.04 bits per heavy atom. The van der Waals surface area contributed by atoms with Crippen LogP contribution in [-0.2, 0) is 28.8 Å². The maximum absolute atomic E-state index is 12.8. The van der Waals surface area contributed by atoms with E-state index in [1.807, 2.05) is 0 Å². The van der Waals surface area contributed by atoms with Gasteiger partial charge in [-0.1, -0.05) is 0 Å². The van der Waals surface area contributed by atoms with E-state index in [0.29, 0.717) is 10.1 Å². The second kappa shape index (κ2) is 7.15. The molecule has 0 unspecified atom stereocenters. The summed E-state index contributed by atoms with van der Waals surface area (Å²) in [7, 11) is 0. The fourth-order valence-electron chi connectivity index (χ4n) is 3.86. The van der Waals surface area contributed by atoms with Crippen LogP contribution in [0.2, 0.25) is 0 Å². The highest BCUT2D eigenvalue weighted by Crippen LogP contribution is 2.41. The minimum Gasteiger partial charge on any atom is -0.480 e. The van der Waals surface area contributed by atoms with Gasteiger partial charge in [-0.2, -0.15) is 10.1 Å². The molecular formula is C17H20N4O7. The minimum absolute atomic E-state index is 0.0839. The van der Waals surface area contributed by atoms with Crippen molar-refractivity contribution < 1.29 is 33.9 Å². The zero-order chi connectivity index (χ0) is 20.6. The van der Waals surface area contributed by atoms with Crippen LogP contribution in [0.3, 0.4) is 0 Å². The zero-order valence-electron chi connectivity index (χ0n) is 15.0. The molecule has 150 valence electrons. The van der Waals surface area contributed by atoms with Gasteiger partial charge in [0.05, 0.1) is 0 Å². The van der Waals surface area contributed by atoms with E-state index in [9.17, 15) is 33.9 Å². The Hall–Kier alpha value is -3.08. The minimum atomic E-state index is -1.87. The highest BCUT2D eigenvalue weighted by Gasteiger charge is 2.53. The van der Waals surface area contributed by atoms with Gasteiger partial charge in [0, 0.05) is 31.5 Å². The van der Waals surface area contributed by atoms with Crippen LogP contribution in [0, 0.1) is 11.3 Å². The summed E-state index contributed by atoms with van der Waals surface area (Å²) in [6, 6.07) is 0. The molecule has 0 bridgehead atoms. The standard InChI is InChI=1S/C17H20N4O7/c18-21(20-13(24)3-4-14(20)25)15(26)17(16(27)28)7-5-10(6-8-17)9-19-11(22)1-2-12(19)23/h1-2,10H,3-9,18H2,(H,27,28). The van der Waals surface area contributed by atoms with Gasteiger partial charge in [0.1, 0.15) is 5.41 Å². The number of rotatable bonds is 5. The maximum atomic E-state index is 12.8. The number of carbonyl (C=O) groups excluding carboxylic acids is 5. The van der Waals surface area contributed by atoms with E-state index in [1.165, 1.54) is 12.2 Å². The Kier molecular flexibility index (Phi) is 5.02. The number of carbonyl (C=O) groups is 6. The van der Waals surface area contributed by atoms with E-state index < -0.39 is 40.9 Å². The van der Waals surface area contributed by atoms with Crippen molar-refractivity contribution in [3.63, 3.8) is 0 Å². The summed E-state index contributed by atoms with van der Waals surface area (Å²) in [4.78, 5) is 72.8. The first-order valence-electron chi connectivity index (χ1n) is 8.89. The van der Waals surface area contributed by atoms with Crippen LogP contribution >= 0.6 is 0 Å². The number of nitrogens with two attached hydrogens (primary N) is 1. The van der Waals surface area contributed by atoms with Crippen LogP contribution in [0.15, 0.2) is 12.2 Å². The maximum Gasteiger partial charge on any atom is 0.319 e. The molecule has 11 nitrogen and oxygen atoms in total. The Morgan fingerprint density at radius 1 is 1.07 bits per heavy atom. The molecule has 2 aliphatic heterocycles. The van der Waals surface area contributed by atoms with Gasteiger partial charge < -0.3 is 5.11 Å². The van der Waals surface area contributed by atoms with Crippen molar-refractivity contribution >= 4 is 35.5 Å². The van der Waals surface area contributed by atoms with Crippen LogP contribution in [0.1, 0.15) is 38.5 Å². The molecule has 0 aromatic carbocycles. The smallest absolute Gasteiger partial charge is 0.319 e. The second-order valence-corrected chi connectivity index (χ2v) is 7.20.